The number of H-pyrrole nitrogens is 2. The van der Waals surface area contributed by atoms with Crippen molar-refractivity contribution in [1.29, 1.82) is 0 Å². The van der Waals surface area contributed by atoms with Crippen molar-refractivity contribution in [3.8, 4) is 17.9 Å². The number of morpholine rings is 1. The molecule has 0 saturated carbocycles. The third kappa shape index (κ3) is 10.3. The molecule has 0 aliphatic carbocycles. The van der Waals surface area contributed by atoms with Crippen LogP contribution in [0.3, 0.4) is 0 Å². The first-order chi connectivity index (χ1) is 27.2. The molecule has 56 heavy (non-hydrogen) atoms. The van der Waals surface area contributed by atoms with E-state index in [0.717, 1.165) is 69.7 Å². The lowest BCUT2D eigenvalue weighted by Gasteiger charge is -2.26. The topological polar surface area (TPSA) is 245 Å². The van der Waals surface area contributed by atoms with Crippen LogP contribution in [0.5, 0.6) is 17.9 Å². The third-order valence-corrected chi connectivity index (χ3v) is 8.97. The summed E-state index contributed by atoms with van der Waals surface area (Å²) in [6.45, 7) is 10.5. The maximum absolute atomic E-state index is 12.5. The molecule has 0 bridgehead atoms. The highest BCUT2D eigenvalue weighted by molar-refractivity contribution is 6.29. The van der Waals surface area contributed by atoms with Crippen LogP contribution in [0, 0.1) is 0 Å². The minimum Gasteiger partial charge on any atom is -0.476 e. The number of unbranched alkanes of at least 4 members (excludes halogenated alkanes) is 2. The Morgan fingerprint density at radius 1 is 0.732 bits per heavy atom. The average Bonchev–Trinajstić information content (AvgIpc) is 3.69. The number of nitrogens with zero attached hydrogens (tertiary/aromatic N) is 9. The largest absolute Gasteiger partial charge is 0.476 e. The molecule has 0 radical (unpaired) electrons. The Morgan fingerprint density at radius 2 is 1.27 bits per heavy atom. The van der Waals surface area contributed by atoms with E-state index in [-0.39, 0.29) is 48.1 Å². The number of nitrogen functional groups attached to an aromatic ring is 2. The number of imidazole rings is 2. The van der Waals surface area contributed by atoms with Gasteiger partial charge in [-0.05, 0) is 30.0 Å². The number of rotatable bonds is 16. The maximum Gasteiger partial charge on any atom is 0.328 e. The summed E-state index contributed by atoms with van der Waals surface area (Å²) < 4.78 is 25.1. The second-order valence-corrected chi connectivity index (χ2v) is 13.3. The summed E-state index contributed by atoms with van der Waals surface area (Å²) in [6, 6.07) is 7.47. The minimum atomic E-state index is -0.327. The molecular weight excluding hydrogens is 746 g/mol. The minimum absolute atomic E-state index is 0.162. The first-order valence-electron chi connectivity index (χ1n) is 18.5. The fourth-order valence-corrected chi connectivity index (χ4v) is 5.77. The van der Waals surface area contributed by atoms with Gasteiger partial charge in [0, 0.05) is 38.1 Å². The number of nitrogens with two attached hydrogens (primary N) is 2. The van der Waals surface area contributed by atoms with Gasteiger partial charge in [0.05, 0.1) is 39.5 Å². The number of nitrogens with one attached hydrogen (secondary N) is 2. The van der Waals surface area contributed by atoms with Crippen LogP contribution in [0.15, 0.2) is 46.2 Å². The Bertz CT molecular complexity index is 2300. The van der Waals surface area contributed by atoms with Crippen LogP contribution in [0.4, 0.5) is 11.6 Å². The summed E-state index contributed by atoms with van der Waals surface area (Å²) in [6.07, 6.45) is 7.06. The average molecular weight is 792 g/mol. The van der Waals surface area contributed by atoms with Gasteiger partial charge in [-0.15, -0.1) is 0 Å². The highest BCUT2D eigenvalue weighted by Gasteiger charge is 2.17. The SMILES string of the molecule is CCCCOc1nc(N)c2[nH]c(=O)n(Cc3ccc(Cl)nc3)c2n1.CCCCOc1nc(N)c2[nH]c(=O)n(Cc3ccc(OCCN4CCOCC4)nc3)c2n1. The molecule has 20 heteroatoms. The molecule has 7 rings (SSSR count). The van der Waals surface area contributed by atoms with E-state index in [1.807, 2.05) is 6.07 Å². The molecule has 1 aliphatic rings. The third-order valence-electron chi connectivity index (χ3n) is 8.75. The smallest absolute Gasteiger partial charge is 0.328 e. The van der Waals surface area contributed by atoms with Crippen LogP contribution in [0.25, 0.3) is 22.3 Å². The van der Waals surface area contributed by atoms with Gasteiger partial charge in [0.15, 0.2) is 22.9 Å². The first-order valence-corrected chi connectivity index (χ1v) is 18.9. The van der Waals surface area contributed by atoms with Gasteiger partial charge in [0.1, 0.15) is 22.8 Å². The van der Waals surface area contributed by atoms with E-state index >= 15 is 0 Å². The van der Waals surface area contributed by atoms with Gasteiger partial charge in [0.2, 0.25) is 5.88 Å². The van der Waals surface area contributed by atoms with Crippen molar-refractivity contribution in [2.24, 2.45) is 0 Å². The number of aromatic nitrogens is 10. The number of pyridine rings is 2. The Labute approximate surface area is 326 Å². The molecule has 1 aliphatic heterocycles. The number of anilines is 2. The Morgan fingerprint density at radius 3 is 1.75 bits per heavy atom. The number of halogens is 1. The van der Waals surface area contributed by atoms with Crippen LogP contribution in [-0.2, 0) is 17.8 Å². The monoisotopic (exact) mass is 791 g/mol. The van der Waals surface area contributed by atoms with Crippen molar-refractivity contribution >= 4 is 45.6 Å². The summed E-state index contributed by atoms with van der Waals surface area (Å²) >= 11 is 5.78. The molecule has 0 amide bonds. The molecule has 6 N–H and O–H groups in total. The molecule has 1 fully saturated rings. The summed E-state index contributed by atoms with van der Waals surface area (Å²) in [4.78, 5) is 57.7. The Hall–Kier alpha value is -5.79. The summed E-state index contributed by atoms with van der Waals surface area (Å²) in [7, 11) is 0. The number of hydrogen-bond acceptors (Lipinski definition) is 15. The summed E-state index contributed by atoms with van der Waals surface area (Å²) in [5, 5.41) is 0.392. The fourth-order valence-electron chi connectivity index (χ4n) is 5.66. The number of hydrogen-bond donors (Lipinski definition) is 4. The van der Waals surface area contributed by atoms with Crippen molar-refractivity contribution in [3.05, 3.63) is 73.9 Å². The van der Waals surface area contributed by atoms with Crippen LogP contribution >= 0.6 is 11.6 Å². The number of fused-ring (bicyclic) bond motifs is 2. The van der Waals surface area contributed by atoms with E-state index in [1.54, 1.807) is 30.6 Å². The molecule has 6 aromatic heterocycles. The molecule has 0 aromatic carbocycles. The van der Waals surface area contributed by atoms with E-state index in [4.69, 9.17) is 42.0 Å². The normalized spacial score (nSPS) is 13.1. The molecule has 0 spiro atoms. The van der Waals surface area contributed by atoms with Crippen LogP contribution in [-0.4, -0.2) is 107 Å². The Balaban J connectivity index is 0.000000198. The fraction of sp³-hybridized carbons (Fsp3) is 0.444. The lowest BCUT2D eigenvalue weighted by atomic mass is 10.3. The number of aromatic amines is 2. The van der Waals surface area contributed by atoms with Gasteiger partial charge in [-0.2, -0.15) is 19.9 Å². The molecule has 19 nitrogen and oxygen atoms in total. The van der Waals surface area contributed by atoms with Crippen molar-refractivity contribution in [2.75, 3.05) is 64.1 Å². The molecule has 0 atom stereocenters. The van der Waals surface area contributed by atoms with E-state index in [9.17, 15) is 9.59 Å². The lowest BCUT2D eigenvalue weighted by molar-refractivity contribution is 0.0320. The molecular formula is C36H46ClN13O6. The summed E-state index contributed by atoms with van der Waals surface area (Å²) in [5.74, 6) is 0.905. The van der Waals surface area contributed by atoms with Crippen molar-refractivity contribution in [3.63, 3.8) is 0 Å². The van der Waals surface area contributed by atoms with Crippen LogP contribution in [0.1, 0.15) is 50.7 Å². The van der Waals surface area contributed by atoms with Gasteiger partial charge >= 0.3 is 23.4 Å². The standard InChI is InChI=1S/C21H29N7O4.C15H17ClN6O2/c1-2-3-9-32-20-25-18(22)17-19(26-20)28(21(29)24-17)14-15-4-5-16(23-13-15)31-12-8-27-6-10-30-11-7-27;1-2-3-6-24-14-20-12(17)11-13(21-14)22(15(23)19-11)8-9-4-5-10(16)18-7-9/h4-5,13H,2-3,6-12,14H2,1H3,(H,24,29)(H2,22,25,26);4-5,7H,2-3,6,8H2,1H3,(H,19,23)(H2,17,20,21). The predicted octanol–water partition coefficient (Wildman–Crippen LogP) is 3.01. The first kappa shape index (κ1) is 39.9. The molecule has 298 valence electrons. The molecule has 0 unspecified atom stereocenters. The van der Waals surface area contributed by atoms with E-state index < -0.39 is 0 Å². The van der Waals surface area contributed by atoms with E-state index in [2.05, 4.69) is 58.6 Å². The van der Waals surface area contributed by atoms with Crippen LogP contribution in [0.2, 0.25) is 5.15 Å². The Kier molecular flexibility index (Phi) is 13.7. The second kappa shape index (κ2) is 19.2. The van der Waals surface area contributed by atoms with Crippen molar-refractivity contribution < 1.29 is 18.9 Å². The quantitative estimate of drug-likeness (QED) is 0.0813. The second-order valence-electron chi connectivity index (χ2n) is 12.9. The van der Waals surface area contributed by atoms with Gasteiger partial charge < -0.3 is 40.4 Å². The highest BCUT2D eigenvalue weighted by atomic mass is 35.5. The molecule has 7 heterocycles. The predicted molar refractivity (Wildman–Crippen MR) is 210 cm³/mol. The summed E-state index contributed by atoms with van der Waals surface area (Å²) in [5.41, 5.74) is 14.5. The lowest BCUT2D eigenvalue weighted by Crippen LogP contribution is -2.38. The molecule has 6 aromatic rings. The van der Waals surface area contributed by atoms with Gasteiger partial charge in [-0.3, -0.25) is 14.0 Å². The number of ether oxygens (including phenoxy) is 4. The zero-order valence-corrected chi connectivity index (χ0v) is 32.1. The zero-order chi connectivity index (χ0) is 39.4. The van der Waals surface area contributed by atoms with Gasteiger partial charge in [-0.25, -0.2) is 19.6 Å². The van der Waals surface area contributed by atoms with Crippen LogP contribution < -0.4 is 37.1 Å². The van der Waals surface area contributed by atoms with Gasteiger partial charge in [0.25, 0.3) is 0 Å². The van der Waals surface area contributed by atoms with E-state index in [0.29, 0.717) is 53.2 Å². The highest BCUT2D eigenvalue weighted by Crippen LogP contribution is 2.20. The molecule has 1 saturated heterocycles. The van der Waals surface area contributed by atoms with Gasteiger partial charge in [-0.1, -0.05) is 50.4 Å². The van der Waals surface area contributed by atoms with Crippen molar-refractivity contribution in [1.82, 2.24) is 53.9 Å². The zero-order valence-electron chi connectivity index (χ0n) is 31.4. The van der Waals surface area contributed by atoms with Crippen molar-refractivity contribution in [2.45, 2.75) is 52.6 Å². The maximum atomic E-state index is 12.5. The van der Waals surface area contributed by atoms with E-state index in [1.165, 1.54) is 9.13 Å².